The van der Waals surface area contributed by atoms with Crippen molar-refractivity contribution >= 4 is 11.9 Å². The van der Waals surface area contributed by atoms with E-state index in [-0.39, 0.29) is 5.91 Å². The number of carbonyl (C=O) groups is 2. The topological polar surface area (TPSA) is 86.3 Å². The van der Waals surface area contributed by atoms with Crippen molar-refractivity contribution in [1.29, 1.82) is 0 Å². The van der Waals surface area contributed by atoms with Crippen molar-refractivity contribution in [2.45, 2.75) is 32.7 Å². The van der Waals surface area contributed by atoms with Crippen LogP contribution in [0.2, 0.25) is 0 Å². The highest BCUT2D eigenvalue weighted by molar-refractivity contribution is 5.96. The number of carbonyl (C=O) groups excluding carboxylic acids is 1. The van der Waals surface area contributed by atoms with Gasteiger partial charge in [0, 0.05) is 12.1 Å². The number of aromatic nitrogens is 2. The first-order valence-electron chi connectivity index (χ1n) is 7.64. The van der Waals surface area contributed by atoms with Crippen LogP contribution in [0, 0.1) is 13.8 Å². The molecule has 120 valence electrons. The minimum atomic E-state index is -0.954. The van der Waals surface area contributed by atoms with Gasteiger partial charge in [0.1, 0.15) is 11.7 Å². The van der Waals surface area contributed by atoms with E-state index in [1.807, 2.05) is 26.0 Å². The maximum absolute atomic E-state index is 12.5. The molecule has 1 aliphatic rings. The minimum Gasteiger partial charge on any atom is -0.480 e. The molecule has 0 unspecified atom stereocenters. The number of carboxylic acids is 1. The molecule has 1 saturated heterocycles. The number of nitrogens with zero attached hydrogens (tertiary/aromatic N) is 2. The number of benzene rings is 1. The molecule has 1 atom stereocenters. The van der Waals surface area contributed by atoms with Crippen molar-refractivity contribution in [3.05, 3.63) is 41.1 Å². The van der Waals surface area contributed by atoms with E-state index < -0.39 is 12.0 Å². The molecule has 23 heavy (non-hydrogen) atoms. The minimum absolute atomic E-state index is 0.307. The second kappa shape index (κ2) is 5.87. The van der Waals surface area contributed by atoms with Gasteiger partial charge in [-0.1, -0.05) is 23.8 Å². The Morgan fingerprint density at radius 2 is 2.09 bits per heavy atom. The molecule has 0 saturated carbocycles. The average molecular weight is 313 g/mol. The van der Waals surface area contributed by atoms with Crippen LogP contribution in [0.5, 0.6) is 0 Å². The summed E-state index contributed by atoms with van der Waals surface area (Å²) >= 11 is 0. The van der Waals surface area contributed by atoms with Crippen LogP contribution in [0.1, 0.15) is 34.5 Å². The molecule has 0 spiro atoms. The van der Waals surface area contributed by atoms with Crippen LogP contribution in [0.15, 0.2) is 24.3 Å². The van der Waals surface area contributed by atoms with Crippen molar-refractivity contribution in [3.8, 4) is 11.3 Å². The highest BCUT2D eigenvalue weighted by Gasteiger charge is 2.35. The Bertz CT molecular complexity index is 766. The first-order chi connectivity index (χ1) is 11.0. The van der Waals surface area contributed by atoms with Crippen LogP contribution in [0.3, 0.4) is 0 Å². The number of H-pyrrole nitrogens is 1. The molecular weight excluding hydrogens is 294 g/mol. The Morgan fingerprint density at radius 1 is 1.30 bits per heavy atom. The van der Waals surface area contributed by atoms with Crippen molar-refractivity contribution < 1.29 is 14.7 Å². The Balaban J connectivity index is 1.87. The summed E-state index contributed by atoms with van der Waals surface area (Å²) in [6.07, 6.45) is 1.21. The number of nitrogens with one attached hydrogen (secondary N) is 1. The molecule has 0 radical (unpaired) electrons. The van der Waals surface area contributed by atoms with Gasteiger partial charge in [-0.25, -0.2) is 4.79 Å². The lowest BCUT2D eigenvalue weighted by Gasteiger charge is -2.20. The summed E-state index contributed by atoms with van der Waals surface area (Å²) < 4.78 is 0. The number of rotatable bonds is 3. The molecule has 0 bridgehead atoms. The van der Waals surface area contributed by atoms with Crippen LogP contribution in [-0.2, 0) is 4.79 Å². The van der Waals surface area contributed by atoms with E-state index in [1.165, 1.54) is 10.5 Å². The molecule has 1 fully saturated rings. The van der Waals surface area contributed by atoms with Gasteiger partial charge >= 0.3 is 5.97 Å². The normalized spacial score (nSPS) is 17.5. The molecular formula is C17H19N3O3. The number of aromatic amines is 1. The summed E-state index contributed by atoms with van der Waals surface area (Å²) in [5.41, 5.74) is 4.23. The monoisotopic (exact) mass is 313 g/mol. The van der Waals surface area contributed by atoms with E-state index >= 15 is 0 Å². The second-order valence-electron chi connectivity index (χ2n) is 5.98. The fraction of sp³-hybridized carbons (Fsp3) is 0.353. The highest BCUT2D eigenvalue weighted by atomic mass is 16.4. The van der Waals surface area contributed by atoms with E-state index in [2.05, 4.69) is 16.3 Å². The largest absolute Gasteiger partial charge is 0.480 e. The molecule has 2 heterocycles. The summed E-state index contributed by atoms with van der Waals surface area (Å²) in [4.78, 5) is 25.2. The van der Waals surface area contributed by atoms with Gasteiger partial charge in [0.25, 0.3) is 5.91 Å². The molecule has 1 aromatic carbocycles. The number of aliphatic carboxylic acids is 1. The van der Waals surface area contributed by atoms with Crippen molar-refractivity contribution in [3.63, 3.8) is 0 Å². The van der Waals surface area contributed by atoms with Crippen LogP contribution >= 0.6 is 0 Å². The Morgan fingerprint density at radius 3 is 2.78 bits per heavy atom. The summed E-state index contributed by atoms with van der Waals surface area (Å²) in [7, 11) is 0. The summed E-state index contributed by atoms with van der Waals surface area (Å²) in [6.45, 7) is 4.49. The number of hydrogen-bond acceptors (Lipinski definition) is 3. The van der Waals surface area contributed by atoms with Gasteiger partial charge in [0.15, 0.2) is 0 Å². The van der Waals surface area contributed by atoms with Gasteiger partial charge in [-0.2, -0.15) is 5.10 Å². The van der Waals surface area contributed by atoms with Crippen molar-refractivity contribution in [1.82, 2.24) is 15.1 Å². The smallest absolute Gasteiger partial charge is 0.326 e. The lowest BCUT2D eigenvalue weighted by molar-refractivity contribution is -0.141. The molecule has 6 heteroatoms. The van der Waals surface area contributed by atoms with Crippen LogP contribution < -0.4 is 0 Å². The highest BCUT2D eigenvalue weighted by Crippen LogP contribution is 2.25. The van der Waals surface area contributed by atoms with Crippen LogP contribution in [-0.4, -0.2) is 44.7 Å². The molecule has 2 aromatic rings. The molecule has 6 nitrogen and oxygen atoms in total. The molecule has 2 N–H and O–H groups in total. The van der Waals surface area contributed by atoms with Gasteiger partial charge in [0.05, 0.1) is 5.69 Å². The second-order valence-corrected chi connectivity index (χ2v) is 5.98. The lowest BCUT2D eigenvalue weighted by atomic mass is 10.0. The lowest BCUT2D eigenvalue weighted by Crippen LogP contribution is -2.40. The molecule has 1 amide bonds. The van der Waals surface area contributed by atoms with Gasteiger partial charge in [-0.05, 0) is 38.3 Å². The first-order valence-corrected chi connectivity index (χ1v) is 7.64. The zero-order valence-electron chi connectivity index (χ0n) is 13.2. The van der Waals surface area contributed by atoms with E-state index in [0.29, 0.717) is 30.8 Å². The van der Waals surface area contributed by atoms with Crippen molar-refractivity contribution in [2.24, 2.45) is 0 Å². The summed E-state index contributed by atoms with van der Waals surface area (Å²) in [5, 5.41) is 16.2. The maximum atomic E-state index is 12.5. The average Bonchev–Trinajstić information content (AvgIpc) is 3.16. The Kier molecular flexibility index (Phi) is 3.90. The zero-order chi connectivity index (χ0) is 16.6. The standard InChI is InChI=1S/C17H19N3O3/c1-10-5-6-12(11(2)8-10)13-9-14(19-18-13)16(21)20-7-3-4-15(20)17(22)23/h5-6,8-9,15H,3-4,7H2,1-2H3,(H,18,19)(H,22,23)/t15-/m0/s1. The van der Waals surface area contributed by atoms with E-state index in [0.717, 1.165) is 11.1 Å². The maximum Gasteiger partial charge on any atom is 0.326 e. The summed E-state index contributed by atoms with van der Waals surface area (Å²) in [6, 6.07) is 6.99. The fourth-order valence-electron chi connectivity index (χ4n) is 3.09. The van der Waals surface area contributed by atoms with Gasteiger partial charge in [0.2, 0.25) is 0 Å². The molecule has 3 rings (SSSR count). The predicted octanol–water partition coefficient (Wildman–Crippen LogP) is 2.38. The van der Waals surface area contributed by atoms with Crippen molar-refractivity contribution in [2.75, 3.05) is 6.54 Å². The molecule has 0 aliphatic carbocycles. The van der Waals surface area contributed by atoms with E-state index in [9.17, 15) is 14.7 Å². The third-order valence-corrected chi connectivity index (χ3v) is 4.26. The van der Waals surface area contributed by atoms with Gasteiger partial charge < -0.3 is 10.0 Å². The van der Waals surface area contributed by atoms with Crippen LogP contribution in [0.25, 0.3) is 11.3 Å². The Labute approximate surface area is 134 Å². The zero-order valence-corrected chi connectivity index (χ0v) is 13.2. The number of hydrogen-bond donors (Lipinski definition) is 2. The molecule has 1 aliphatic heterocycles. The SMILES string of the molecule is Cc1ccc(-c2cc(C(=O)N3CCC[C@H]3C(=O)O)[nH]n2)c(C)c1. The quantitative estimate of drug-likeness (QED) is 0.911. The molecule has 1 aromatic heterocycles. The third kappa shape index (κ3) is 2.84. The number of likely N-dealkylation sites (tertiary alicyclic amines) is 1. The van der Waals surface area contributed by atoms with E-state index in [1.54, 1.807) is 6.07 Å². The third-order valence-electron chi connectivity index (χ3n) is 4.26. The number of amides is 1. The van der Waals surface area contributed by atoms with E-state index in [4.69, 9.17) is 0 Å². The fourth-order valence-corrected chi connectivity index (χ4v) is 3.09. The van der Waals surface area contributed by atoms with Gasteiger partial charge in [-0.15, -0.1) is 0 Å². The van der Waals surface area contributed by atoms with Crippen LogP contribution in [0.4, 0.5) is 0 Å². The Hall–Kier alpha value is -2.63. The summed E-state index contributed by atoms with van der Waals surface area (Å²) in [5.74, 6) is -1.26. The number of carboxylic acid groups (broad SMARTS) is 1. The van der Waals surface area contributed by atoms with Gasteiger partial charge in [-0.3, -0.25) is 9.89 Å². The number of aryl methyl sites for hydroxylation is 2. The first kappa shape index (κ1) is 15.3. The predicted molar refractivity (Wildman–Crippen MR) is 85.2 cm³/mol.